The molecule has 2 heterocycles. The van der Waals surface area contributed by atoms with E-state index in [1.165, 1.54) is 10.6 Å². The van der Waals surface area contributed by atoms with Gasteiger partial charge in [-0.25, -0.2) is 18.4 Å². The molecule has 8 nitrogen and oxygen atoms in total. The summed E-state index contributed by atoms with van der Waals surface area (Å²) in [4.78, 5) is 10.3. The predicted molar refractivity (Wildman–Crippen MR) is 117 cm³/mol. The van der Waals surface area contributed by atoms with E-state index in [9.17, 15) is 13.5 Å². The highest BCUT2D eigenvalue weighted by atomic mass is 79.9. The van der Waals surface area contributed by atoms with Gasteiger partial charge in [0.2, 0.25) is 10.0 Å². The van der Waals surface area contributed by atoms with E-state index >= 15 is 0 Å². The number of hydrogen-bond donors (Lipinski definition) is 1. The number of nitrogens with zero attached hydrogens (tertiary/aromatic N) is 4. The fourth-order valence-electron chi connectivity index (χ4n) is 3.51. The van der Waals surface area contributed by atoms with Crippen LogP contribution in [0.2, 0.25) is 0 Å². The standard InChI is InChI=1S/C20H27BrN4O4S/c1-14-9-25(15(2)12-26)30(27,28)20-5-4-17(21)6-18(20)29-19(14)11-24(3)10-16-7-22-13-23-8-16/h4-8,13-15,19,26H,9-12H2,1-3H3/t14-,15-,19+/m0/s1. The fourth-order valence-corrected chi connectivity index (χ4v) is 5.68. The van der Waals surface area contributed by atoms with Crippen LogP contribution in [0.5, 0.6) is 5.75 Å². The van der Waals surface area contributed by atoms with Crippen LogP contribution in [0.3, 0.4) is 0 Å². The van der Waals surface area contributed by atoms with Gasteiger partial charge in [0.25, 0.3) is 0 Å². The first kappa shape index (κ1) is 23.1. The van der Waals surface area contributed by atoms with Gasteiger partial charge < -0.3 is 9.84 Å². The first-order valence-electron chi connectivity index (χ1n) is 9.73. The Morgan fingerprint density at radius 3 is 2.73 bits per heavy atom. The molecular formula is C20H27BrN4O4S. The molecule has 3 atom stereocenters. The Kier molecular flexibility index (Phi) is 7.46. The van der Waals surface area contributed by atoms with Crippen molar-refractivity contribution >= 4 is 26.0 Å². The minimum Gasteiger partial charge on any atom is -0.487 e. The number of fused-ring (bicyclic) bond motifs is 1. The van der Waals surface area contributed by atoms with Crippen LogP contribution >= 0.6 is 15.9 Å². The number of aliphatic hydroxyl groups excluding tert-OH is 1. The van der Waals surface area contributed by atoms with Crippen molar-refractivity contribution in [3.05, 3.63) is 47.0 Å². The quantitative estimate of drug-likeness (QED) is 0.651. The largest absolute Gasteiger partial charge is 0.487 e. The number of halogens is 1. The van der Waals surface area contributed by atoms with Crippen molar-refractivity contribution in [2.45, 2.75) is 37.4 Å². The summed E-state index contributed by atoms with van der Waals surface area (Å²) in [6, 6.07) is 4.38. The summed E-state index contributed by atoms with van der Waals surface area (Å²) < 4.78 is 35.0. The van der Waals surface area contributed by atoms with E-state index in [4.69, 9.17) is 4.74 Å². The zero-order valence-electron chi connectivity index (χ0n) is 17.3. The number of hydrogen-bond acceptors (Lipinski definition) is 7. The van der Waals surface area contributed by atoms with Crippen LogP contribution in [-0.2, 0) is 16.6 Å². The summed E-state index contributed by atoms with van der Waals surface area (Å²) in [5.74, 6) is 0.211. The average Bonchev–Trinajstić information content (AvgIpc) is 2.70. The number of rotatable bonds is 6. The number of aromatic nitrogens is 2. The maximum Gasteiger partial charge on any atom is 0.247 e. The molecule has 0 saturated carbocycles. The first-order valence-corrected chi connectivity index (χ1v) is 12.0. The monoisotopic (exact) mass is 498 g/mol. The van der Waals surface area contributed by atoms with E-state index < -0.39 is 16.1 Å². The molecule has 0 radical (unpaired) electrons. The SMILES string of the molecule is C[C@H]1CN([C@@H](C)CO)S(=O)(=O)c2ccc(Br)cc2O[C@@H]1CN(C)Cc1cncnc1. The summed E-state index contributed by atoms with van der Waals surface area (Å²) in [5.41, 5.74) is 0.986. The van der Waals surface area contributed by atoms with E-state index in [2.05, 4.69) is 30.8 Å². The second kappa shape index (κ2) is 9.69. The molecule has 0 aliphatic carbocycles. The summed E-state index contributed by atoms with van der Waals surface area (Å²) in [6.45, 7) is 4.92. The molecule has 0 saturated heterocycles. The van der Waals surface area contributed by atoms with Crippen LogP contribution in [-0.4, -0.2) is 71.6 Å². The Balaban J connectivity index is 1.92. The number of aliphatic hydroxyl groups is 1. The van der Waals surface area contributed by atoms with Gasteiger partial charge in [-0.3, -0.25) is 4.90 Å². The molecule has 2 aromatic rings. The summed E-state index contributed by atoms with van der Waals surface area (Å²) in [6.07, 6.45) is 4.79. The smallest absolute Gasteiger partial charge is 0.247 e. The molecule has 1 aliphatic rings. The number of sulfonamides is 1. The Morgan fingerprint density at radius 2 is 2.07 bits per heavy atom. The van der Waals surface area contributed by atoms with E-state index in [-0.39, 0.29) is 30.1 Å². The third-order valence-electron chi connectivity index (χ3n) is 5.19. The van der Waals surface area contributed by atoms with Crippen molar-refractivity contribution in [2.75, 3.05) is 26.7 Å². The van der Waals surface area contributed by atoms with Crippen LogP contribution in [0.15, 0.2) is 46.3 Å². The molecule has 1 aliphatic heterocycles. The Morgan fingerprint density at radius 1 is 1.37 bits per heavy atom. The van der Waals surface area contributed by atoms with Gasteiger partial charge in [-0.15, -0.1) is 0 Å². The lowest BCUT2D eigenvalue weighted by Crippen LogP contribution is -2.49. The molecule has 0 fully saturated rings. The predicted octanol–water partition coefficient (Wildman–Crippen LogP) is 2.14. The lowest BCUT2D eigenvalue weighted by Gasteiger charge is -2.37. The molecular weight excluding hydrogens is 472 g/mol. The van der Waals surface area contributed by atoms with E-state index in [1.807, 2.05) is 14.0 Å². The second-order valence-electron chi connectivity index (χ2n) is 7.77. The van der Waals surface area contributed by atoms with Crippen molar-refractivity contribution in [3.63, 3.8) is 0 Å². The molecule has 3 rings (SSSR count). The van der Waals surface area contributed by atoms with Gasteiger partial charge in [0, 0.05) is 54.0 Å². The number of benzene rings is 1. The zero-order chi connectivity index (χ0) is 21.9. The van der Waals surface area contributed by atoms with Crippen LogP contribution < -0.4 is 4.74 Å². The van der Waals surface area contributed by atoms with E-state index in [0.29, 0.717) is 18.8 Å². The summed E-state index contributed by atoms with van der Waals surface area (Å²) in [7, 11) is -1.83. The highest BCUT2D eigenvalue weighted by molar-refractivity contribution is 9.10. The van der Waals surface area contributed by atoms with Crippen molar-refractivity contribution in [2.24, 2.45) is 5.92 Å². The van der Waals surface area contributed by atoms with Gasteiger partial charge in [-0.1, -0.05) is 22.9 Å². The first-order chi connectivity index (χ1) is 14.2. The molecule has 0 spiro atoms. The van der Waals surface area contributed by atoms with Crippen LogP contribution in [0.1, 0.15) is 19.4 Å². The molecule has 1 N–H and O–H groups in total. The normalized spacial score (nSPS) is 22.6. The van der Waals surface area contributed by atoms with E-state index in [1.54, 1.807) is 37.5 Å². The Labute approximate surface area is 186 Å². The Hall–Kier alpha value is -1.59. The maximum absolute atomic E-state index is 13.3. The Bertz CT molecular complexity index is 961. The van der Waals surface area contributed by atoms with Crippen molar-refractivity contribution in [3.8, 4) is 5.75 Å². The van der Waals surface area contributed by atoms with Crippen LogP contribution in [0, 0.1) is 5.92 Å². The van der Waals surface area contributed by atoms with Gasteiger partial charge in [0.05, 0.1) is 6.61 Å². The highest BCUT2D eigenvalue weighted by Crippen LogP contribution is 2.35. The molecule has 30 heavy (non-hydrogen) atoms. The van der Waals surface area contributed by atoms with Gasteiger partial charge >= 0.3 is 0 Å². The minimum atomic E-state index is -3.81. The summed E-state index contributed by atoms with van der Waals surface area (Å²) in [5, 5.41) is 9.67. The van der Waals surface area contributed by atoms with E-state index in [0.717, 1.165) is 10.0 Å². The molecule has 0 amide bonds. The number of ether oxygens (including phenoxy) is 1. The van der Waals surface area contributed by atoms with Gasteiger partial charge in [-0.05, 0) is 32.2 Å². The second-order valence-corrected chi connectivity index (χ2v) is 10.5. The average molecular weight is 499 g/mol. The molecule has 1 aromatic heterocycles. The van der Waals surface area contributed by atoms with Crippen LogP contribution in [0.4, 0.5) is 0 Å². The third kappa shape index (κ3) is 5.17. The van der Waals surface area contributed by atoms with Crippen molar-refractivity contribution < 1.29 is 18.3 Å². The molecule has 164 valence electrons. The molecule has 1 aromatic carbocycles. The van der Waals surface area contributed by atoms with Gasteiger partial charge in [-0.2, -0.15) is 4.31 Å². The lowest BCUT2D eigenvalue weighted by molar-refractivity contribution is 0.0732. The maximum atomic E-state index is 13.3. The number of likely N-dealkylation sites (N-methyl/N-ethyl adjacent to an activating group) is 1. The zero-order valence-corrected chi connectivity index (χ0v) is 19.7. The van der Waals surface area contributed by atoms with Crippen LogP contribution in [0.25, 0.3) is 0 Å². The third-order valence-corrected chi connectivity index (χ3v) is 7.70. The molecule has 10 heteroatoms. The fraction of sp³-hybridized carbons (Fsp3) is 0.500. The summed E-state index contributed by atoms with van der Waals surface area (Å²) >= 11 is 3.41. The lowest BCUT2D eigenvalue weighted by atomic mass is 10.0. The van der Waals surface area contributed by atoms with Crippen molar-refractivity contribution in [1.82, 2.24) is 19.2 Å². The molecule has 0 unspecified atom stereocenters. The van der Waals surface area contributed by atoms with Gasteiger partial charge in [0.1, 0.15) is 23.1 Å². The topological polar surface area (TPSA) is 95.9 Å². The van der Waals surface area contributed by atoms with Gasteiger partial charge in [0.15, 0.2) is 0 Å². The minimum absolute atomic E-state index is 0.102. The molecule has 0 bridgehead atoms. The van der Waals surface area contributed by atoms with Crippen molar-refractivity contribution in [1.29, 1.82) is 0 Å². The highest BCUT2D eigenvalue weighted by Gasteiger charge is 2.38.